The number of esters is 3. The third-order valence-corrected chi connectivity index (χ3v) is 14.4. The normalized spacial score (nSPS) is 13.0. The number of rotatable bonds is 61. The molecule has 6 heteroatoms. The van der Waals surface area contributed by atoms with Crippen molar-refractivity contribution in [1.82, 2.24) is 0 Å². The molecule has 1 atom stereocenters. The molecule has 0 aromatic carbocycles. The highest BCUT2D eigenvalue weighted by atomic mass is 16.6. The number of hydrogen-bond donors (Lipinski definition) is 0. The number of hydrogen-bond acceptors (Lipinski definition) is 6. The summed E-state index contributed by atoms with van der Waals surface area (Å²) in [7, 11) is 0. The summed E-state index contributed by atoms with van der Waals surface area (Å²) < 4.78 is 16.9. The monoisotopic (exact) mass is 1130 g/mol. The van der Waals surface area contributed by atoms with Crippen molar-refractivity contribution in [3.05, 3.63) is 134 Å². The van der Waals surface area contributed by atoms with E-state index in [1.54, 1.807) is 0 Å². The lowest BCUT2D eigenvalue weighted by Crippen LogP contribution is -2.30. The van der Waals surface area contributed by atoms with Gasteiger partial charge in [0.2, 0.25) is 0 Å². The molecule has 0 fully saturated rings. The van der Waals surface area contributed by atoms with E-state index in [1.165, 1.54) is 135 Å². The summed E-state index contributed by atoms with van der Waals surface area (Å²) in [5.74, 6) is -0.945. The predicted octanol–water partition coefficient (Wildman–Crippen LogP) is 23.7. The summed E-state index contributed by atoms with van der Waals surface area (Å²) in [6, 6.07) is 0. The van der Waals surface area contributed by atoms with Crippen LogP contribution in [-0.4, -0.2) is 37.2 Å². The van der Waals surface area contributed by atoms with Crippen LogP contribution in [0.1, 0.15) is 310 Å². The fourth-order valence-corrected chi connectivity index (χ4v) is 9.32. The molecule has 0 rings (SSSR count). The van der Waals surface area contributed by atoms with Crippen LogP contribution in [0.25, 0.3) is 0 Å². The molecular weight excluding hydrogens is 1010 g/mol. The van der Waals surface area contributed by atoms with Gasteiger partial charge >= 0.3 is 17.9 Å². The molecule has 0 saturated carbocycles. The Balaban J connectivity index is 4.35. The summed E-state index contributed by atoms with van der Waals surface area (Å²) in [6.07, 6.45) is 97.6. The van der Waals surface area contributed by atoms with Crippen molar-refractivity contribution in [2.75, 3.05) is 13.2 Å². The molecular formula is C76H126O6. The summed E-state index contributed by atoms with van der Waals surface area (Å²) in [5, 5.41) is 0. The standard InChI is InChI=1S/C76H126O6/c1-4-7-10-13-16-19-22-25-28-30-32-34-35-36-37-38-39-40-41-43-44-46-48-51-54-57-60-63-66-69-75(78)81-72-73(71-80-74(77)68-65-62-59-56-53-50-27-24-21-18-15-12-9-6-3)82-76(79)70-67-64-61-58-55-52-49-47-45-42-33-31-29-26-23-20-17-14-11-8-5-2/h7-8,10-11,16-17,19-20,24-29,32-34,42,47,49,55,58,73H,4-6,9,12-15,18,21-23,30-31,35-41,43-46,48,50-54,56-57,59-72H2,1-3H3/b10-7-,11-8-,19-16-,20-17-,27-24-,28-25-,29-26-,34-32-,42-33-,49-47-,58-55-. The van der Waals surface area contributed by atoms with Gasteiger partial charge in [-0.2, -0.15) is 0 Å². The molecule has 0 amide bonds. The highest BCUT2D eigenvalue weighted by Crippen LogP contribution is 2.16. The molecule has 0 N–H and O–H groups in total. The molecule has 0 heterocycles. The molecule has 0 aromatic rings. The maximum Gasteiger partial charge on any atom is 0.306 e. The quantitative estimate of drug-likeness (QED) is 0.0261. The zero-order valence-electron chi connectivity index (χ0n) is 53.5. The minimum absolute atomic E-state index is 0.0997. The van der Waals surface area contributed by atoms with Gasteiger partial charge in [0.15, 0.2) is 6.10 Å². The SMILES string of the molecule is CC/C=C\C/C=C\C/C=C\C/C=C\C/C=C\C/C=C\CCCCC(=O)OC(COC(=O)CCCCCCC/C=C\CCCCCCC)COC(=O)CCCCCCCCCCCCCCCCCC/C=C\C/C=C\C/C=C\C/C=C\CC. The fourth-order valence-electron chi connectivity index (χ4n) is 9.32. The van der Waals surface area contributed by atoms with Gasteiger partial charge < -0.3 is 14.2 Å². The van der Waals surface area contributed by atoms with Crippen LogP contribution < -0.4 is 0 Å². The van der Waals surface area contributed by atoms with E-state index >= 15 is 0 Å². The van der Waals surface area contributed by atoms with Crippen LogP contribution in [0.2, 0.25) is 0 Å². The number of unbranched alkanes of at least 4 members (excludes halogenated alkanes) is 28. The molecule has 0 aliphatic heterocycles. The highest BCUT2D eigenvalue weighted by molar-refractivity contribution is 5.71. The summed E-state index contributed by atoms with van der Waals surface area (Å²) in [5.41, 5.74) is 0. The van der Waals surface area contributed by atoms with E-state index in [4.69, 9.17) is 14.2 Å². The van der Waals surface area contributed by atoms with Crippen molar-refractivity contribution in [3.8, 4) is 0 Å². The van der Waals surface area contributed by atoms with Gasteiger partial charge in [-0.1, -0.05) is 289 Å². The number of carbonyl (C=O) groups is 3. The molecule has 1 unspecified atom stereocenters. The average molecular weight is 1140 g/mol. The van der Waals surface area contributed by atoms with E-state index in [0.29, 0.717) is 19.3 Å². The number of ether oxygens (including phenoxy) is 3. The molecule has 0 spiro atoms. The third-order valence-electron chi connectivity index (χ3n) is 14.4. The molecule has 6 nitrogen and oxygen atoms in total. The largest absolute Gasteiger partial charge is 0.462 e. The second-order valence-corrected chi connectivity index (χ2v) is 22.3. The Bertz CT molecular complexity index is 1730. The van der Waals surface area contributed by atoms with Crippen LogP contribution in [0.15, 0.2) is 134 Å². The van der Waals surface area contributed by atoms with Gasteiger partial charge in [0.1, 0.15) is 13.2 Å². The van der Waals surface area contributed by atoms with E-state index in [1.807, 2.05) is 0 Å². The number of carbonyl (C=O) groups excluding carboxylic acids is 3. The molecule has 0 aliphatic rings. The molecule has 0 radical (unpaired) electrons. The highest BCUT2D eigenvalue weighted by Gasteiger charge is 2.19. The van der Waals surface area contributed by atoms with Crippen LogP contribution in [-0.2, 0) is 28.6 Å². The van der Waals surface area contributed by atoms with Crippen molar-refractivity contribution >= 4 is 17.9 Å². The lowest BCUT2D eigenvalue weighted by Gasteiger charge is -2.18. The Morgan fingerprint density at radius 3 is 0.780 bits per heavy atom. The van der Waals surface area contributed by atoms with Crippen LogP contribution in [0.4, 0.5) is 0 Å². The van der Waals surface area contributed by atoms with Crippen molar-refractivity contribution in [1.29, 1.82) is 0 Å². The Hall–Kier alpha value is -4.45. The lowest BCUT2D eigenvalue weighted by molar-refractivity contribution is -0.167. The zero-order chi connectivity index (χ0) is 59.2. The topological polar surface area (TPSA) is 78.9 Å². The predicted molar refractivity (Wildman–Crippen MR) is 357 cm³/mol. The van der Waals surface area contributed by atoms with Gasteiger partial charge in [-0.3, -0.25) is 14.4 Å². The lowest BCUT2D eigenvalue weighted by atomic mass is 10.0. The van der Waals surface area contributed by atoms with Crippen LogP contribution in [0, 0.1) is 0 Å². The second-order valence-electron chi connectivity index (χ2n) is 22.3. The van der Waals surface area contributed by atoms with E-state index < -0.39 is 6.10 Å². The number of allylic oxidation sites excluding steroid dienone is 22. The van der Waals surface area contributed by atoms with E-state index in [-0.39, 0.29) is 37.5 Å². The van der Waals surface area contributed by atoms with E-state index in [2.05, 4.69) is 154 Å². The molecule has 0 saturated heterocycles. The second kappa shape index (κ2) is 69.0. The molecule has 466 valence electrons. The Morgan fingerprint density at radius 2 is 0.476 bits per heavy atom. The van der Waals surface area contributed by atoms with Crippen molar-refractivity contribution < 1.29 is 28.6 Å². The van der Waals surface area contributed by atoms with Gasteiger partial charge in [0, 0.05) is 19.3 Å². The fraction of sp³-hybridized carbons (Fsp3) is 0.671. The Labute approximate surface area is 506 Å². The van der Waals surface area contributed by atoms with Gasteiger partial charge in [-0.05, 0) is 135 Å². The first-order valence-corrected chi connectivity index (χ1v) is 34.2. The van der Waals surface area contributed by atoms with Crippen LogP contribution in [0.5, 0.6) is 0 Å². The smallest absolute Gasteiger partial charge is 0.306 e. The molecule has 0 bridgehead atoms. The Kier molecular flexibility index (Phi) is 65.3. The third kappa shape index (κ3) is 66.4. The average Bonchev–Trinajstić information content (AvgIpc) is 3.47. The van der Waals surface area contributed by atoms with Crippen LogP contribution in [0.3, 0.4) is 0 Å². The van der Waals surface area contributed by atoms with Gasteiger partial charge in [-0.25, -0.2) is 0 Å². The molecule has 0 aromatic heterocycles. The first-order valence-electron chi connectivity index (χ1n) is 34.2. The van der Waals surface area contributed by atoms with Gasteiger partial charge in [-0.15, -0.1) is 0 Å². The van der Waals surface area contributed by atoms with E-state index in [0.717, 1.165) is 128 Å². The maximum atomic E-state index is 12.9. The zero-order valence-corrected chi connectivity index (χ0v) is 53.5. The van der Waals surface area contributed by atoms with E-state index in [9.17, 15) is 14.4 Å². The minimum atomic E-state index is -0.809. The molecule has 82 heavy (non-hydrogen) atoms. The molecule has 0 aliphatic carbocycles. The maximum absolute atomic E-state index is 12.9. The summed E-state index contributed by atoms with van der Waals surface area (Å²) in [4.78, 5) is 38.4. The summed E-state index contributed by atoms with van der Waals surface area (Å²) >= 11 is 0. The summed E-state index contributed by atoms with van der Waals surface area (Å²) in [6.45, 7) is 6.38. The first kappa shape index (κ1) is 77.5. The van der Waals surface area contributed by atoms with Gasteiger partial charge in [0.05, 0.1) is 0 Å². The van der Waals surface area contributed by atoms with Crippen LogP contribution >= 0.6 is 0 Å². The minimum Gasteiger partial charge on any atom is -0.462 e. The van der Waals surface area contributed by atoms with Crippen molar-refractivity contribution in [2.45, 2.75) is 316 Å². The Morgan fingerprint density at radius 1 is 0.256 bits per heavy atom. The first-order chi connectivity index (χ1) is 40.5. The van der Waals surface area contributed by atoms with Crippen molar-refractivity contribution in [3.63, 3.8) is 0 Å². The van der Waals surface area contributed by atoms with Gasteiger partial charge in [0.25, 0.3) is 0 Å². The van der Waals surface area contributed by atoms with Crippen molar-refractivity contribution in [2.24, 2.45) is 0 Å².